The molecule has 9 nitrogen and oxygen atoms in total. The monoisotopic (exact) mass is 576 g/mol. The Bertz CT molecular complexity index is 1560. The number of rotatable bonds is 6. The van der Waals surface area contributed by atoms with Gasteiger partial charge in [0.2, 0.25) is 0 Å². The van der Waals surface area contributed by atoms with E-state index in [0.29, 0.717) is 40.7 Å². The van der Waals surface area contributed by atoms with E-state index in [-0.39, 0.29) is 29.7 Å². The van der Waals surface area contributed by atoms with Gasteiger partial charge in [0, 0.05) is 42.9 Å². The number of pyridine rings is 1. The first-order valence-corrected chi connectivity index (χ1v) is 13.2. The molecule has 0 radical (unpaired) electrons. The molecule has 0 spiro atoms. The minimum atomic E-state index is -0.417. The van der Waals surface area contributed by atoms with E-state index in [1.807, 2.05) is 22.8 Å². The zero-order chi connectivity index (χ0) is 26.2. The van der Waals surface area contributed by atoms with Crippen molar-refractivity contribution in [2.24, 2.45) is 5.92 Å². The third-order valence-corrected chi connectivity index (χ3v) is 7.55. The summed E-state index contributed by atoms with van der Waals surface area (Å²) in [5.74, 6) is 0.581. The van der Waals surface area contributed by atoms with Crippen molar-refractivity contribution in [1.29, 1.82) is 0 Å². The van der Waals surface area contributed by atoms with E-state index in [0.717, 1.165) is 24.3 Å². The Hall–Kier alpha value is -4.05. The van der Waals surface area contributed by atoms with E-state index < -0.39 is 5.91 Å². The summed E-state index contributed by atoms with van der Waals surface area (Å²) in [5, 5.41) is 5.80. The lowest BCUT2D eigenvalue weighted by Gasteiger charge is -2.44. The number of benzene rings is 1. The molecule has 0 saturated carbocycles. The Morgan fingerprint density at radius 1 is 1.00 bits per heavy atom. The molecule has 5 heterocycles. The molecule has 4 aromatic rings. The Morgan fingerprint density at radius 3 is 2.68 bits per heavy atom. The summed E-state index contributed by atoms with van der Waals surface area (Å²) >= 11 is 3.23. The first kappa shape index (κ1) is 24.3. The van der Waals surface area contributed by atoms with Crippen LogP contribution in [0, 0.1) is 5.92 Å². The minimum Gasteiger partial charge on any atom is -0.467 e. The largest absolute Gasteiger partial charge is 0.467 e. The standard InChI is InChI=1S/C28H25BrN4O5/c29-25-9-8-24(38-25)28(36)31-21-12-18(27(35)30-13-20-3-2-10-37-20)6-7-23(21)32-14-17-11-19(16-32)22-4-1-5-26(34)33(22)15-17/h1-10,12,17,19H,11,13-16H2,(H,30,35)(H,31,36)/t17-,19+/m1/s1. The van der Waals surface area contributed by atoms with Crippen molar-refractivity contribution < 1.29 is 18.4 Å². The minimum absolute atomic E-state index is 0.0353. The van der Waals surface area contributed by atoms with E-state index in [1.165, 1.54) is 0 Å². The van der Waals surface area contributed by atoms with Gasteiger partial charge in [0.25, 0.3) is 17.4 Å². The van der Waals surface area contributed by atoms with Crippen LogP contribution in [0.3, 0.4) is 0 Å². The van der Waals surface area contributed by atoms with Gasteiger partial charge in [0.15, 0.2) is 10.4 Å². The van der Waals surface area contributed by atoms with Crippen molar-refractivity contribution in [2.75, 3.05) is 23.3 Å². The summed E-state index contributed by atoms with van der Waals surface area (Å²) in [6.07, 6.45) is 2.56. The molecule has 2 atom stereocenters. The van der Waals surface area contributed by atoms with Crippen LogP contribution in [0.5, 0.6) is 0 Å². The van der Waals surface area contributed by atoms with Gasteiger partial charge in [-0.05, 0) is 76.8 Å². The molecule has 194 valence electrons. The van der Waals surface area contributed by atoms with E-state index in [4.69, 9.17) is 8.83 Å². The van der Waals surface area contributed by atoms with Gasteiger partial charge in [-0.15, -0.1) is 0 Å². The lowest BCUT2D eigenvalue weighted by molar-refractivity contribution is 0.0946. The summed E-state index contributed by atoms with van der Waals surface area (Å²) in [4.78, 5) is 40.6. The van der Waals surface area contributed by atoms with E-state index in [1.54, 1.807) is 48.7 Å². The van der Waals surface area contributed by atoms with Crippen LogP contribution in [0.25, 0.3) is 0 Å². The second kappa shape index (κ2) is 10.0. The van der Waals surface area contributed by atoms with Gasteiger partial charge in [-0.1, -0.05) is 6.07 Å². The summed E-state index contributed by atoms with van der Waals surface area (Å²) in [5.41, 5.74) is 2.81. The molecule has 10 heteroatoms. The van der Waals surface area contributed by atoms with Gasteiger partial charge >= 0.3 is 0 Å². The number of piperidine rings is 1. The number of hydrogen-bond acceptors (Lipinski definition) is 6. The van der Waals surface area contributed by atoms with Crippen molar-refractivity contribution >= 4 is 39.1 Å². The highest BCUT2D eigenvalue weighted by Crippen LogP contribution is 2.39. The third kappa shape index (κ3) is 4.79. The highest BCUT2D eigenvalue weighted by molar-refractivity contribution is 9.10. The predicted octanol–water partition coefficient (Wildman–Crippen LogP) is 4.60. The average Bonchev–Trinajstić information content (AvgIpc) is 3.60. The molecule has 0 aliphatic carbocycles. The molecule has 3 aromatic heterocycles. The SMILES string of the molecule is O=C(NCc1ccco1)c1ccc(N2C[C@H]3C[C@@H](C2)c2cccc(=O)n2C3)c(NC(=O)c2ccc(Br)o2)c1. The maximum atomic E-state index is 13.0. The fourth-order valence-electron chi connectivity index (χ4n) is 5.45. The Labute approximate surface area is 226 Å². The predicted molar refractivity (Wildman–Crippen MR) is 144 cm³/mol. The molecule has 1 aromatic carbocycles. The molecule has 2 N–H and O–H groups in total. The molecule has 2 aliphatic heterocycles. The maximum absolute atomic E-state index is 13.0. The average molecular weight is 577 g/mol. The van der Waals surface area contributed by atoms with Crippen LogP contribution in [-0.4, -0.2) is 29.5 Å². The van der Waals surface area contributed by atoms with Crippen molar-refractivity contribution in [3.63, 3.8) is 0 Å². The number of furan rings is 2. The molecule has 38 heavy (non-hydrogen) atoms. The third-order valence-electron chi connectivity index (χ3n) is 7.13. The molecule has 1 saturated heterocycles. The number of nitrogens with zero attached hydrogens (tertiary/aromatic N) is 2. The zero-order valence-electron chi connectivity index (χ0n) is 20.4. The topological polar surface area (TPSA) is 110 Å². The summed E-state index contributed by atoms with van der Waals surface area (Å²) in [7, 11) is 0. The Morgan fingerprint density at radius 2 is 1.89 bits per heavy atom. The lowest BCUT2D eigenvalue weighted by Crippen LogP contribution is -2.47. The van der Waals surface area contributed by atoms with Crippen LogP contribution in [0.4, 0.5) is 11.4 Å². The Balaban J connectivity index is 1.30. The van der Waals surface area contributed by atoms with E-state index in [2.05, 4.69) is 31.5 Å². The number of hydrogen-bond donors (Lipinski definition) is 2. The number of nitrogens with one attached hydrogen (secondary N) is 2. The number of fused-ring (bicyclic) bond motifs is 4. The van der Waals surface area contributed by atoms with Gasteiger partial charge in [0.1, 0.15) is 5.76 Å². The van der Waals surface area contributed by atoms with Crippen LogP contribution >= 0.6 is 15.9 Å². The van der Waals surface area contributed by atoms with Gasteiger partial charge in [-0.2, -0.15) is 0 Å². The van der Waals surface area contributed by atoms with Gasteiger partial charge in [0.05, 0.1) is 24.2 Å². The number of aromatic nitrogens is 1. The fourth-order valence-corrected chi connectivity index (χ4v) is 5.76. The number of halogens is 1. The number of anilines is 2. The quantitative estimate of drug-likeness (QED) is 0.347. The van der Waals surface area contributed by atoms with Crippen molar-refractivity contribution in [3.05, 3.63) is 105 Å². The normalized spacial score (nSPS) is 18.1. The Kier molecular flexibility index (Phi) is 6.40. The molecule has 6 rings (SSSR count). The van der Waals surface area contributed by atoms with Crippen LogP contribution in [0.15, 0.2) is 85.2 Å². The molecular weight excluding hydrogens is 552 g/mol. The van der Waals surface area contributed by atoms with Crippen molar-refractivity contribution in [2.45, 2.75) is 25.4 Å². The molecule has 2 aliphatic rings. The first-order chi connectivity index (χ1) is 18.4. The maximum Gasteiger partial charge on any atom is 0.291 e. The van der Waals surface area contributed by atoms with Crippen LogP contribution in [0.2, 0.25) is 0 Å². The summed E-state index contributed by atoms with van der Waals surface area (Å²) < 4.78 is 13.1. The molecule has 1 fully saturated rings. The summed E-state index contributed by atoms with van der Waals surface area (Å²) in [6, 6.07) is 17.5. The molecule has 2 amide bonds. The number of carbonyl (C=O) groups is 2. The highest BCUT2D eigenvalue weighted by atomic mass is 79.9. The smallest absolute Gasteiger partial charge is 0.291 e. The number of carbonyl (C=O) groups excluding carboxylic acids is 2. The molecule has 0 unspecified atom stereocenters. The lowest BCUT2D eigenvalue weighted by atomic mass is 9.83. The zero-order valence-corrected chi connectivity index (χ0v) is 21.9. The number of amides is 2. The second-order valence-corrected chi connectivity index (χ2v) is 10.4. The van der Waals surface area contributed by atoms with Gasteiger partial charge < -0.3 is 28.9 Å². The van der Waals surface area contributed by atoms with Gasteiger partial charge in [-0.25, -0.2) is 0 Å². The molecule has 2 bridgehead atoms. The van der Waals surface area contributed by atoms with Crippen LogP contribution in [0.1, 0.15) is 44.7 Å². The van der Waals surface area contributed by atoms with Gasteiger partial charge in [-0.3, -0.25) is 14.4 Å². The second-order valence-electron chi connectivity index (χ2n) is 9.65. The molecular formula is C28H25BrN4O5. The summed E-state index contributed by atoms with van der Waals surface area (Å²) in [6.45, 7) is 2.34. The highest BCUT2D eigenvalue weighted by Gasteiger charge is 2.35. The van der Waals surface area contributed by atoms with E-state index in [9.17, 15) is 14.4 Å². The van der Waals surface area contributed by atoms with E-state index >= 15 is 0 Å². The van der Waals surface area contributed by atoms with Crippen LogP contribution in [-0.2, 0) is 13.1 Å². The first-order valence-electron chi connectivity index (χ1n) is 12.4. The van der Waals surface area contributed by atoms with Crippen molar-refractivity contribution in [1.82, 2.24) is 9.88 Å². The van der Waals surface area contributed by atoms with Crippen LogP contribution < -0.4 is 21.1 Å². The fraction of sp³-hybridized carbons (Fsp3) is 0.250. The van der Waals surface area contributed by atoms with Crippen molar-refractivity contribution in [3.8, 4) is 0 Å².